The number of anilines is 2. The van der Waals surface area contributed by atoms with Crippen LogP contribution in [0.15, 0.2) is 212 Å². The standard InChI is InChI=1S/C22H28N2O.C19H24N2.C13H17NO.2C8H9Br.C5H9NO.C3H5ClO.3C2H6O.C2H6.CH2O3.CH4O.2K.H/c1-2-22(25)24(20-11-7-4-8-12-20)21-14-17-23(18-15-21)16-13-19-9-5-3-6-10-19;1-3-7-17(8-4-1)11-14-21-15-12-19(13-16-21)20-18-9-5-2-6-10-18;15-13-7-10-14(11-8-13)9-6-12-4-2-1-3-5-12;2*9-7-6-8-4-2-1-3-5-8;7-5-1-3-6-4-2-5;1-2-3(4)5;3*1-3-2;1-2;2-1-4-3;1-2;;;/h3-12,21H,2,13-18H2,1H3;1-10,19-20H,11-16H2;1-5H,6-11H2;2*1-5H,6-7H2;6H,1-4H2;2H2,1H3;3*1-2H3;1-2H3;1,3H;2H,1H3;;;/q;;;;;;;;;;;;;2*+1;-1/p-1. The number of halogens is 3. The number of ketones is 2. The first-order chi connectivity index (χ1) is 52.7. The van der Waals surface area contributed by atoms with E-state index in [1.54, 1.807) is 49.6 Å². The molecule has 4 heterocycles. The van der Waals surface area contributed by atoms with Gasteiger partial charge < -0.3 is 61.1 Å². The molecule has 22 heteroatoms. The number of aliphatic hydroxyl groups excluding tert-OH is 1. The van der Waals surface area contributed by atoms with Crippen molar-refractivity contribution in [2.45, 2.75) is 136 Å². The van der Waals surface area contributed by atoms with Gasteiger partial charge in [-0.05, 0) is 121 Å². The molecule has 0 bridgehead atoms. The van der Waals surface area contributed by atoms with E-state index in [0.29, 0.717) is 36.5 Å². The van der Waals surface area contributed by atoms with E-state index in [2.05, 4.69) is 252 Å². The quantitative estimate of drug-likeness (QED) is 0.0162. The zero-order valence-corrected chi connectivity index (χ0v) is 78.9. The molecule has 0 atom stereocenters. The Morgan fingerprint density at radius 2 is 0.773 bits per heavy atom. The van der Waals surface area contributed by atoms with E-state index < -0.39 is 0 Å². The number of aliphatic hydroxyl groups is 1. The van der Waals surface area contributed by atoms with E-state index in [9.17, 15) is 19.2 Å². The summed E-state index contributed by atoms with van der Waals surface area (Å²) in [6.07, 6.45) is 14.1. The molecule has 4 aliphatic rings. The first-order valence-corrected chi connectivity index (χ1v) is 40.3. The molecule has 11 rings (SSSR count). The van der Waals surface area contributed by atoms with Crippen LogP contribution in [-0.2, 0) is 75.2 Å². The maximum atomic E-state index is 12.5. The van der Waals surface area contributed by atoms with Gasteiger partial charge in [-0.3, -0.25) is 24.0 Å². The number of Topliss-reactive ketones (excluding diaryl/α,β-unsaturated/α-hetero) is 2. The molecule has 4 fully saturated rings. The third-order valence-electron chi connectivity index (χ3n) is 16.3. The molecule has 0 saturated carbocycles. The van der Waals surface area contributed by atoms with Crippen LogP contribution in [0, 0.1) is 0 Å². The number of aryl methyl sites for hydroxylation is 2. The first-order valence-electron chi connectivity index (χ1n) is 37.7. The Hall–Kier alpha value is -3.55. The molecule has 7 aromatic rings. The predicted octanol–water partition coefficient (Wildman–Crippen LogP) is 10.2. The normalized spacial score (nSPS) is 13.4. The molecule has 0 spiro atoms. The molecule has 4 aliphatic heterocycles. The molecule has 4 saturated heterocycles. The number of methoxy groups -OCH3 is 3. The monoisotopic (exact) mass is 1720 g/mol. The number of benzene rings is 7. The van der Waals surface area contributed by atoms with E-state index in [-0.39, 0.29) is 122 Å². The van der Waals surface area contributed by atoms with Gasteiger partial charge >= 0.3 is 103 Å². The number of carbonyl (C=O) groups excluding carboxylic acids is 5. The number of para-hydroxylation sites is 2. The number of alkyl halides is 2. The second kappa shape index (κ2) is 83.4. The first kappa shape index (κ1) is 113. The third-order valence-corrected chi connectivity index (χ3v) is 17.3. The number of nitrogens with zero attached hydrogens (tertiary/aromatic N) is 4. The zero-order chi connectivity index (χ0) is 80.3. The molecular weight excluding hydrogens is 1590 g/mol. The van der Waals surface area contributed by atoms with Gasteiger partial charge in [-0.2, -0.15) is 0 Å². The van der Waals surface area contributed by atoms with Crippen molar-refractivity contribution in [1.82, 2.24) is 20.0 Å². The summed E-state index contributed by atoms with van der Waals surface area (Å²) < 4.78 is 12.8. The van der Waals surface area contributed by atoms with Crippen LogP contribution in [0.2, 0.25) is 0 Å². The minimum atomic E-state index is -0.273. The molecule has 602 valence electrons. The summed E-state index contributed by atoms with van der Waals surface area (Å²) >= 11 is 11.6. The number of nitrogens with one attached hydrogen (secondary N) is 2. The van der Waals surface area contributed by atoms with Crippen LogP contribution in [0.1, 0.15) is 121 Å². The molecular formula is C88H131Br2ClK2N6O11. The van der Waals surface area contributed by atoms with E-state index >= 15 is 0 Å². The topological polar surface area (TPSA) is 203 Å². The number of hydrogen-bond donors (Lipinski definition) is 3. The Morgan fingerprint density at radius 1 is 0.500 bits per heavy atom. The maximum absolute atomic E-state index is 12.5. The summed E-state index contributed by atoms with van der Waals surface area (Å²) in [6, 6.07) is 74.6. The molecule has 0 aliphatic carbocycles. The second-order valence-electron chi connectivity index (χ2n) is 24.5. The molecule has 1 amide bonds. The Labute approximate surface area is 771 Å². The van der Waals surface area contributed by atoms with Crippen LogP contribution in [0.3, 0.4) is 0 Å². The van der Waals surface area contributed by atoms with Crippen molar-refractivity contribution in [2.24, 2.45) is 0 Å². The number of likely N-dealkylation sites (tertiary alicyclic amines) is 3. The van der Waals surface area contributed by atoms with Gasteiger partial charge in [0, 0.05) is 194 Å². The number of rotatable bonds is 20. The minimum Gasteiger partial charge on any atom is -1.00 e. The van der Waals surface area contributed by atoms with Gasteiger partial charge in [-0.25, -0.2) is 0 Å². The number of carbonyl (C=O) groups is 5. The number of amides is 1. The van der Waals surface area contributed by atoms with Crippen molar-refractivity contribution in [1.29, 1.82) is 0 Å². The number of piperidine rings is 4. The molecule has 7 aromatic carbocycles. The van der Waals surface area contributed by atoms with Gasteiger partial charge in [0.1, 0.15) is 11.6 Å². The average molecular weight is 1720 g/mol. The maximum Gasteiger partial charge on any atom is 1.00 e. The van der Waals surface area contributed by atoms with Gasteiger partial charge in [0.25, 0.3) is 6.47 Å². The number of hydrogen-bond acceptors (Lipinski definition) is 16. The van der Waals surface area contributed by atoms with Crippen LogP contribution < -0.4 is 124 Å². The average Bonchev–Trinajstić information content (AvgIpc) is 0.827. The molecule has 0 radical (unpaired) electrons. The van der Waals surface area contributed by atoms with Crippen molar-refractivity contribution in [3.8, 4) is 0 Å². The van der Waals surface area contributed by atoms with E-state index in [1.807, 2.05) is 62.1 Å². The van der Waals surface area contributed by atoms with E-state index in [0.717, 1.165) is 146 Å². The summed E-state index contributed by atoms with van der Waals surface area (Å²) in [4.78, 5) is 64.4. The summed E-state index contributed by atoms with van der Waals surface area (Å²) in [6.45, 7) is 19.1. The van der Waals surface area contributed by atoms with Crippen molar-refractivity contribution in [3.05, 3.63) is 240 Å². The minimum absolute atomic E-state index is 0. The van der Waals surface area contributed by atoms with Crippen molar-refractivity contribution >= 4 is 84.0 Å². The SMILES string of the molecule is BrCCc1ccccc1.BrCCc1ccccc1.CC.CCC(=O)Cl.CCC(=O)N(c1ccccc1)C1CCN(CCc2ccccc2)CC1.CO.COC.COC.COC.O=C1CCN(CCc2ccccc2)CC1.O=C1CCNCC1.O=CO[O-].[H-].[K+].[K+].c1ccc(CCN2CCC(Nc3ccccc3)CC2)cc1. The van der Waals surface area contributed by atoms with Crippen molar-refractivity contribution in [3.63, 3.8) is 0 Å². The molecule has 0 aromatic heterocycles. The summed E-state index contributed by atoms with van der Waals surface area (Å²) in [5.74, 6) is 1.05. The Morgan fingerprint density at radius 3 is 1.05 bits per heavy atom. The van der Waals surface area contributed by atoms with E-state index in [1.165, 1.54) is 66.0 Å². The fraction of sp³-hybridized carbons (Fsp3) is 0.466. The van der Waals surface area contributed by atoms with Gasteiger partial charge in [-0.1, -0.05) is 248 Å². The zero-order valence-electron chi connectivity index (χ0n) is 69.7. The number of ether oxygens (including phenoxy) is 3. The molecule has 17 nitrogen and oxygen atoms in total. The van der Waals surface area contributed by atoms with Gasteiger partial charge in [0.15, 0.2) is 0 Å². The van der Waals surface area contributed by atoms with Crippen LogP contribution in [0.4, 0.5) is 11.4 Å². The van der Waals surface area contributed by atoms with Crippen LogP contribution >= 0.6 is 43.5 Å². The Balaban J connectivity index is -0.000000396. The van der Waals surface area contributed by atoms with Crippen LogP contribution in [-0.4, -0.2) is 193 Å². The smallest absolute Gasteiger partial charge is 1.00 e. The summed E-state index contributed by atoms with van der Waals surface area (Å²) in [7, 11) is 10.8. The second-order valence-corrected chi connectivity index (χ2v) is 26.5. The van der Waals surface area contributed by atoms with Gasteiger partial charge in [0.05, 0.1) is 0 Å². The summed E-state index contributed by atoms with van der Waals surface area (Å²) in [5, 5.41) is 24.0. The Bertz CT molecular complexity index is 3070. The third kappa shape index (κ3) is 63.7. The van der Waals surface area contributed by atoms with E-state index in [4.69, 9.17) is 26.8 Å². The largest absolute Gasteiger partial charge is 1.00 e. The molecule has 3 N–H and O–H groups in total. The summed E-state index contributed by atoms with van der Waals surface area (Å²) in [5.41, 5.74) is 9.31. The fourth-order valence-electron chi connectivity index (χ4n) is 10.8. The predicted molar refractivity (Wildman–Crippen MR) is 457 cm³/mol. The van der Waals surface area contributed by atoms with Gasteiger partial charge in [-0.15, -0.1) is 0 Å². The fourth-order valence-corrected chi connectivity index (χ4v) is 11.7. The van der Waals surface area contributed by atoms with Crippen LogP contribution in [0.5, 0.6) is 0 Å². The van der Waals surface area contributed by atoms with Crippen LogP contribution in [0.25, 0.3) is 0 Å². The van der Waals surface area contributed by atoms with Gasteiger partial charge in [0.2, 0.25) is 11.1 Å². The van der Waals surface area contributed by atoms with Crippen molar-refractivity contribution in [2.75, 3.05) is 143 Å². The van der Waals surface area contributed by atoms with Crippen molar-refractivity contribution < 1.29 is 158 Å². The molecule has 110 heavy (non-hydrogen) atoms. The Kier molecular flexibility index (Phi) is 85.5. The molecule has 0 unspecified atom stereocenters.